The third-order valence-electron chi connectivity index (χ3n) is 4.98. The Labute approximate surface area is 195 Å². The molecule has 0 radical (unpaired) electrons. The van der Waals surface area contributed by atoms with Crippen LogP contribution in [0.25, 0.3) is 0 Å². The second kappa shape index (κ2) is 11.9. The molecule has 0 aliphatic rings. The van der Waals surface area contributed by atoms with Gasteiger partial charge in [-0.15, -0.1) is 0 Å². The van der Waals surface area contributed by atoms with Gasteiger partial charge >= 0.3 is 0 Å². The minimum Gasteiger partial charge on any atom is -0.355 e. The molecule has 2 rings (SSSR count). The van der Waals surface area contributed by atoms with Crippen LogP contribution in [0.5, 0.6) is 0 Å². The van der Waals surface area contributed by atoms with E-state index in [1.165, 1.54) is 9.21 Å². The van der Waals surface area contributed by atoms with Gasteiger partial charge in [0.05, 0.1) is 11.9 Å². The van der Waals surface area contributed by atoms with Crippen LogP contribution in [0, 0.1) is 0 Å². The van der Waals surface area contributed by atoms with Crippen LogP contribution < -0.4 is 9.62 Å². The Kier molecular flexibility index (Phi) is 9.53. The van der Waals surface area contributed by atoms with Crippen molar-refractivity contribution in [3.8, 4) is 0 Å². The summed E-state index contributed by atoms with van der Waals surface area (Å²) in [4.78, 5) is 27.0. The second-order valence-electron chi connectivity index (χ2n) is 7.49. The molecule has 0 heterocycles. The molecule has 7 nitrogen and oxygen atoms in total. The number of hydrogen-bond donors (Lipinski definition) is 1. The van der Waals surface area contributed by atoms with Crippen molar-refractivity contribution in [3.63, 3.8) is 0 Å². The Morgan fingerprint density at radius 2 is 1.69 bits per heavy atom. The van der Waals surface area contributed by atoms with E-state index in [1.54, 1.807) is 43.3 Å². The molecule has 1 N–H and O–H groups in total. The maximum absolute atomic E-state index is 13.1. The van der Waals surface area contributed by atoms with E-state index in [0.717, 1.165) is 11.8 Å². The molecule has 0 spiro atoms. The Morgan fingerprint density at radius 3 is 2.25 bits per heavy atom. The van der Waals surface area contributed by atoms with Crippen LogP contribution in [0.1, 0.15) is 32.3 Å². The maximum atomic E-state index is 13.1. The lowest BCUT2D eigenvalue weighted by Crippen LogP contribution is -2.47. The van der Waals surface area contributed by atoms with Crippen molar-refractivity contribution in [1.29, 1.82) is 0 Å². The predicted octanol–water partition coefficient (Wildman–Crippen LogP) is 3.44. The number of benzene rings is 2. The molecule has 0 bridgehead atoms. The van der Waals surface area contributed by atoms with Crippen LogP contribution in [-0.4, -0.2) is 50.5 Å². The number of likely N-dealkylation sites (N-methyl/N-ethyl adjacent to an activating group) is 1. The zero-order chi connectivity index (χ0) is 23.7. The van der Waals surface area contributed by atoms with Crippen LogP contribution >= 0.6 is 11.6 Å². The molecule has 0 aliphatic carbocycles. The first-order valence-electron chi connectivity index (χ1n) is 10.5. The van der Waals surface area contributed by atoms with Crippen LogP contribution in [-0.2, 0) is 26.2 Å². The van der Waals surface area contributed by atoms with Gasteiger partial charge in [-0.05, 0) is 50.1 Å². The zero-order valence-corrected chi connectivity index (χ0v) is 20.2. The first-order valence-corrected chi connectivity index (χ1v) is 12.7. The third kappa shape index (κ3) is 7.53. The van der Waals surface area contributed by atoms with Gasteiger partial charge in [-0.2, -0.15) is 0 Å². The molecule has 0 unspecified atom stereocenters. The first-order chi connectivity index (χ1) is 15.1. The molecule has 0 saturated heterocycles. The quantitative estimate of drug-likeness (QED) is 0.534. The van der Waals surface area contributed by atoms with E-state index < -0.39 is 16.1 Å². The second-order valence-corrected chi connectivity index (χ2v) is 9.84. The van der Waals surface area contributed by atoms with Gasteiger partial charge in [0, 0.05) is 31.1 Å². The number of sulfonamides is 1. The van der Waals surface area contributed by atoms with Crippen LogP contribution in [0.4, 0.5) is 5.69 Å². The summed E-state index contributed by atoms with van der Waals surface area (Å²) in [6.45, 7) is 4.39. The van der Waals surface area contributed by atoms with Gasteiger partial charge in [-0.1, -0.05) is 41.9 Å². The van der Waals surface area contributed by atoms with Gasteiger partial charge in [-0.25, -0.2) is 8.42 Å². The molecule has 0 fully saturated rings. The number of rotatable bonds is 11. The number of anilines is 1. The van der Waals surface area contributed by atoms with Crippen molar-refractivity contribution in [2.24, 2.45) is 0 Å². The van der Waals surface area contributed by atoms with E-state index in [-0.39, 0.29) is 31.3 Å². The van der Waals surface area contributed by atoms with E-state index in [4.69, 9.17) is 11.6 Å². The van der Waals surface area contributed by atoms with Crippen LogP contribution in [0.2, 0.25) is 5.02 Å². The average Bonchev–Trinajstić information content (AvgIpc) is 2.75. The van der Waals surface area contributed by atoms with E-state index in [0.29, 0.717) is 23.7 Å². The lowest BCUT2D eigenvalue weighted by Gasteiger charge is -2.29. The van der Waals surface area contributed by atoms with Gasteiger partial charge in [-0.3, -0.25) is 13.9 Å². The van der Waals surface area contributed by atoms with E-state index in [1.807, 2.05) is 25.1 Å². The normalized spacial score (nSPS) is 12.1. The molecule has 32 heavy (non-hydrogen) atoms. The number of amides is 2. The summed E-state index contributed by atoms with van der Waals surface area (Å²) in [6.07, 6.45) is 1.57. The standard InChI is InChI=1S/C23H30ClN3O4S/c1-4-25-23(29)18(2)26(17-19-12-14-20(24)15-13-19)22(28)11-8-16-27(32(3,30)31)21-9-6-5-7-10-21/h5-7,9-10,12-15,18H,4,8,11,16-17H2,1-3H3,(H,25,29)/t18-/m1/s1. The summed E-state index contributed by atoms with van der Waals surface area (Å²) < 4.78 is 25.8. The lowest BCUT2D eigenvalue weighted by atomic mass is 10.1. The molecule has 174 valence electrons. The molecular formula is C23H30ClN3O4S. The fourth-order valence-corrected chi connectivity index (χ4v) is 4.38. The van der Waals surface area contributed by atoms with Crippen molar-refractivity contribution >= 4 is 39.1 Å². The largest absolute Gasteiger partial charge is 0.355 e. The predicted molar refractivity (Wildman–Crippen MR) is 128 cm³/mol. The molecule has 0 saturated carbocycles. The highest BCUT2D eigenvalue weighted by Gasteiger charge is 2.26. The number of carbonyl (C=O) groups is 2. The fourth-order valence-electron chi connectivity index (χ4n) is 3.29. The molecule has 2 aromatic carbocycles. The van der Waals surface area contributed by atoms with Crippen LogP contribution in [0.15, 0.2) is 54.6 Å². The van der Waals surface area contributed by atoms with E-state index >= 15 is 0 Å². The molecule has 1 atom stereocenters. The Morgan fingerprint density at radius 1 is 1.06 bits per heavy atom. The minimum atomic E-state index is -3.49. The number of hydrogen-bond acceptors (Lipinski definition) is 4. The smallest absolute Gasteiger partial charge is 0.242 e. The number of halogens is 1. The molecule has 0 aliphatic heterocycles. The van der Waals surface area contributed by atoms with Gasteiger partial charge in [0.2, 0.25) is 21.8 Å². The number of nitrogens with one attached hydrogen (secondary N) is 1. The Bertz CT molecular complexity index is 998. The summed E-state index contributed by atoms with van der Waals surface area (Å²) in [5.41, 5.74) is 1.40. The highest BCUT2D eigenvalue weighted by molar-refractivity contribution is 7.92. The zero-order valence-electron chi connectivity index (χ0n) is 18.6. The van der Waals surface area contributed by atoms with E-state index in [2.05, 4.69) is 5.32 Å². The van der Waals surface area contributed by atoms with Crippen molar-refractivity contribution in [2.75, 3.05) is 23.7 Å². The summed E-state index contributed by atoms with van der Waals surface area (Å²) in [6, 6.07) is 15.2. The van der Waals surface area contributed by atoms with Gasteiger partial charge in [0.1, 0.15) is 6.04 Å². The van der Waals surface area contributed by atoms with Crippen molar-refractivity contribution in [1.82, 2.24) is 10.2 Å². The monoisotopic (exact) mass is 479 g/mol. The summed E-state index contributed by atoms with van der Waals surface area (Å²) in [5.74, 6) is -0.461. The summed E-state index contributed by atoms with van der Waals surface area (Å²) in [5, 5.41) is 3.34. The summed E-state index contributed by atoms with van der Waals surface area (Å²) in [7, 11) is -3.49. The van der Waals surface area contributed by atoms with Gasteiger partial charge < -0.3 is 10.2 Å². The van der Waals surface area contributed by atoms with Crippen molar-refractivity contribution < 1.29 is 18.0 Å². The molecule has 0 aromatic heterocycles. The lowest BCUT2D eigenvalue weighted by molar-refractivity contribution is -0.140. The van der Waals surface area contributed by atoms with Crippen molar-refractivity contribution in [2.45, 2.75) is 39.3 Å². The first kappa shape index (κ1) is 25.7. The highest BCUT2D eigenvalue weighted by atomic mass is 35.5. The third-order valence-corrected chi connectivity index (χ3v) is 6.43. The molecule has 9 heteroatoms. The van der Waals surface area contributed by atoms with Crippen LogP contribution in [0.3, 0.4) is 0 Å². The minimum absolute atomic E-state index is 0.107. The highest BCUT2D eigenvalue weighted by Crippen LogP contribution is 2.19. The molecule has 2 amide bonds. The average molecular weight is 480 g/mol. The molecular weight excluding hydrogens is 450 g/mol. The van der Waals surface area contributed by atoms with E-state index in [9.17, 15) is 18.0 Å². The fraction of sp³-hybridized carbons (Fsp3) is 0.391. The summed E-state index contributed by atoms with van der Waals surface area (Å²) >= 11 is 5.95. The topological polar surface area (TPSA) is 86.8 Å². The molecule has 2 aromatic rings. The van der Waals surface area contributed by atoms with Gasteiger partial charge in [0.15, 0.2) is 0 Å². The number of para-hydroxylation sites is 1. The van der Waals surface area contributed by atoms with Crippen molar-refractivity contribution in [3.05, 3.63) is 65.2 Å². The number of carbonyl (C=O) groups excluding carboxylic acids is 2. The Hall–Kier alpha value is -2.58. The Balaban J connectivity index is 2.12. The SMILES string of the molecule is CCNC(=O)[C@@H](C)N(Cc1ccc(Cl)cc1)C(=O)CCCN(c1ccccc1)S(C)(=O)=O. The van der Waals surface area contributed by atoms with Gasteiger partial charge in [0.25, 0.3) is 0 Å². The number of nitrogens with zero attached hydrogens (tertiary/aromatic N) is 2. The maximum Gasteiger partial charge on any atom is 0.242 e.